The van der Waals surface area contributed by atoms with Gasteiger partial charge in [-0.2, -0.15) is 0 Å². The molecule has 24 heavy (non-hydrogen) atoms. The predicted octanol–water partition coefficient (Wildman–Crippen LogP) is 1.62. The Bertz CT molecular complexity index is 1060. The van der Waals surface area contributed by atoms with Gasteiger partial charge < -0.3 is 9.84 Å². The summed E-state index contributed by atoms with van der Waals surface area (Å²) in [7, 11) is 3.12. The van der Waals surface area contributed by atoms with Gasteiger partial charge in [-0.05, 0) is 12.5 Å². The zero-order valence-corrected chi connectivity index (χ0v) is 13.5. The van der Waals surface area contributed by atoms with Crippen molar-refractivity contribution in [2.75, 3.05) is 5.32 Å². The van der Waals surface area contributed by atoms with E-state index >= 15 is 0 Å². The lowest BCUT2D eigenvalue weighted by Gasteiger charge is -2.27. The Morgan fingerprint density at radius 3 is 2.50 bits per heavy atom. The number of fused-ring (bicyclic) bond motifs is 2. The number of hydrogen-bond donors (Lipinski definition) is 1. The van der Waals surface area contributed by atoms with Crippen LogP contribution in [0.15, 0.2) is 44.4 Å². The van der Waals surface area contributed by atoms with Gasteiger partial charge in [-0.15, -0.1) is 0 Å². The number of aryl methyl sites for hydroxylation is 1. The molecule has 1 aromatic carbocycles. The molecule has 1 atom stereocenters. The van der Waals surface area contributed by atoms with Crippen LogP contribution in [0.1, 0.15) is 28.3 Å². The fraction of sp³-hybridized carbons (Fsp3) is 0.235. The van der Waals surface area contributed by atoms with Crippen LogP contribution in [0.2, 0.25) is 0 Å². The van der Waals surface area contributed by atoms with Gasteiger partial charge in [0.2, 0.25) is 5.88 Å². The van der Waals surface area contributed by atoms with E-state index in [1.807, 2.05) is 37.3 Å². The van der Waals surface area contributed by atoms with Gasteiger partial charge in [-0.25, -0.2) is 4.79 Å². The highest BCUT2D eigenvalue weighted by molar-refractivity contribution is 5.70. The van der Waals surface area contributed by atoms with E-state index in [0.717, 1.165) is 15.7 Å². The maximum absolute atomic E-state index is 12.9. The molecular formula is C17H16N4O3. The first kappa shape index (κ1) is 14.5. The van der Waals surface area contributed by atoms with Crippen molar-refractivity contribution in [3.05, 3.63) is 73.6 Å². The van der Waals surface area contributed by atoms with E-state index in [1.165, 1.54) is 11.6 Å². The minimum absolute atomic E-state index is 0.319. The average Bonchev–Trinajstić information content (AvgIpc) is 2.98. The molecule has 0 radical (unpaired) electrons. The second-order valence-electron chi connectivity index (χ2n) is 5.95. The van der Waals surface area contributed by atoms with E-state index in [2.05, 4.69) is 10.5 Å². The summed E-state index contributed by atoms with van der Waals surface area (Å²) >= 11 is 0. The highest BCUT2D eigenvalue weighted by Gasteiger charge is 2.36. The molecule has 0 fully saturated rings. The van der Waals surface area contributed by atoms with Crippen molar-refractivity contribution in [3.63, 3.8) is 0 Å². The van der Waals surface area contributed by atoms with Gasteiger partial charge in [0.05, 0.1) is 22.7 Å². The summed E-state index contributed by atoms with van der Waals surface area (Å²) in [6, 6.07) is 9.69. The largest absolute Gasteiger partial charge is 0.338 e. The number of benzene rings is 1. The fourth-order valence-electron chi connectivity index (χ4n) is 3.32. The third-order valence-corrected chi connectivity index (χ3v) is 4.55. The molecule has 0 saturated carbocycles. The third kappa shape index (κ3) is 1.81. The molecule has 0 spiro atoms. The van der Waals surface area contributed by atoms with Crippen LogP contribution in [0.3, 0.4) is 0 Å². The van der Waals surface area contributed by atoms with Gasteiger partial charge in [-0.1, -0.05) is 35.5 Å². The first-order chi connectivity index (χ1) is 11.5. The lowest BCUT2D eigenvalue weighted by molar-refractivity contribution is 0.428. The molecule has 3 aromatic rings. The Morgan fingerprint density at radius 2 is 1.79 bits per heavy atom. The highest BCUT2D eigenvalue weighted by Crippen LogP contribution is 2.44. The quantitative estimate of drug-likeness (QED) is 0.575. The minimum atomic E-state index is -0.391. The lowest BCUT2D eigenvalue weighted by Crippen LogP contribution is -2.42. The zero-order chi connectivity index (χ0) is 17.0. The summed E-state index contributed by atoms with van der Waals surface area (Å²) in [5.41, 5.74) is 2.30. The first-order valence-electron chi connectivity index (χ1n) is 7.58. The second kappa shape index (κ2) is 4.95. The summed E-state index contributed by atoms with van der Waals surface area (Å²) in [5.74, 6) is 0.576. The average molecular weight is 324 g/mol. The Labute approximate surface area is 137 Å². The van der Waals surface area contributed by atoms with Crippen molar-refractivity contribution in [2.24, 2.45) is 14.1 Å². The molecule has 1 N–H and O–H groups in total. The normalized spacial score (nSPS) is 15.5. The van der Waals surface area contributed by atoms with E-state index in [4.69, 9.17) is 4.52 Å². The molecule has 0 bridgehead atoms. The van der Waals surface area contributed by atoms with Crippen molar-refractivity contribution >= 4 is 11.7 Å². The van der Waals surface area contributed by atoms with Crippen molar-refractivity contribution in [3.8, 4) is 0 Å². The van der Waals surface area contributed by atoms with Crippen molar-refractivity contribution in [1.82, 2.24) is 14.3 Å². The topological polar surface area (TPSA) is 82.1 Å². The number of anilines is 2. The summed E-state index contributed by atoms with van der Waals surface area (Å²) in [6.07, 6.45) is 0. The number of aromatic nitrogens is 3. The second-order valence-corrected chi connectivity index (χ2v) is 5.95. The monoisotopic (exact) mass is 324 g/mol. The van der Waals surface area contributed by atoms with Crippen molar-refractivity contribution in [2.45, 2.75) is 12.8 Å². The third-order valence-electron chi connectivity index (χ3n) is 4.55. The van der Waals surface area contributed by atoms with Crippen LogP contribution in [-0.2, 0) is 14.1 Å². The van der Waals surface area contributed by atoms with E-state index in [9.17, 15) is 9.59 Å². The molecule has 0 amide bonds. The van der Waals surface area contributed by atoms with E-state index in [0.29, 0.717) is 23.0 Å². The van der Waals surface area contributed by atoms with Gasteiger partial charge in [0.1, 0.15) is 5.82 Å². The maximum atomic E-state index is 12.9. The molecular weight excluding hydrogens is 308 g/mol. The van der Waals surface area contributed by atoms with Crippen LogP contribution in [0.5, 0.6) is 0 Å². The number of hydrogen-bond acceptors (Lipinski definition) is 5. The standard InChI is InChI=1S/C17H16N4O3/c1-9-11-12(10-7-5-4-6-8-10)13-14(18-15(11)24-19-9)20(2)17(23)21(3)16(13)22/h4-8,12,18H,1-3H3. The van der Waals surface area contributed by atoms with Crippen LogP contribution >= 0.6 is 0 Å². The van der Waals surface area contributed by atoms with Gasteiger partial charge in [0.25, 0.3) is 5.56 Å². The van der Waals surface area contributed by atoms with Crippen LogP contribution < -0.4 is 16.6 Å². The predicted molar refractivity (Wildman–Crippen MR) is 88.8 cm³/mol. The number of nitrogens with zero attached hydrogens (tertiary/aromatic N) is 3. The van der Waals surface area contributed by atoms with Gasteiger partial charge in [0, 0.05) is 14.1 Å². The molecule has 1 unspecified atom stereocenters. The minimum Gasteiger partial charge on any atom is -0.338 e. The summed E-state index contributed by atoms with van der Waals surface area (Å²) in [5, 5.41) is 7.09. The summed E-state index contributed by atoms with van der Waals surface area (Å²) in [4.78, 5) is 25.1. The molecule has 7 heteroatoms. The number of nitrogens with one attached hydrogen (secondary N) is 1. The van der Waals surface area contributed by atoms with Crippen molar-refractivity contribution < 1.29 is 4.52 Å². The Balaban J connectivity index is 2.13. The molecule has 7 nitrogen and oxygen atoms in total. The molecule has 0 saturated heterocycles. The van der Waals surface area contributed by atoms with Gasteiger partial charge >= 0.3 is 5.69 Å². The molecule has 1 aliphatic rings. The molecule has 1 aliphatic heterocycles. The number of rotatable bonds is 1. The van der Waals surface area contributed by atoms with Crippen LogP contribution in [-0.4, -0.2) is 14.3 Å². The maximum Gasteiger partial charge on any atom is 0.332 e. The lowest BCUT2D eigenvalue weighted by atomic mass is 9.83. The molecule has 122 valence electrons. The van der Waals surface area contributed by atoms with Gasteiger partial charge in [0.15, 0.2) is 0 Å². The Hall–Kier alpha value is -3.09. The first-order valence-corrected chi connectivity index (χ1v) is 7.58. The molecule has 0 aliphatic carbocycles. The van der Waals surface area contributed by atoms with E-state index in [-0.39, 0.29) is 11.5 Å². The van der Waals surface area contributed by atoms with Crippen molar-refractivity contribution in [1.29, 1.82) is 0 Å². The highest BCUT2D eigenvalue weighted by atomic mass is 16.5. The fourth-order valence-corrected chi connectivity index (χ4v) is 3.32. The summed E-state index contributed by atoms with van der Waals surface area (Å²) < 4.78 is 7.93. The smallest absolute Gasteiger partial charge is 0.332 e. The zero-order valence-electron chi connectivity index (χ0n) is 13.5. The van der Waals surface area contributed by atoms with E-state index in [1.54, 1.807) is 7.05 Å². The molecule has 4 rings (SSSR count). The van der Waals surface area contributed by atoms with Gasteiger partial charge in [-0.3, -0.25) is 13.9 Å². The SMILES string of the molecule is Cc1noc2c1C(c1ccccc1)c1c(n(C)c(=O)n(C)c1=O)N2. The van der Waals surface area contributed by atoms with E-state index < -0.39 is 5.69 Å². The molecule has 3 heterocycles. The Kier molecular flexibility index (Phi) is 2.99. The molecule has 2 aromatic heterocycles. The Morgan fingerprint density at radius 1 is 1.08 bits per heavy atom. The van der Waals surface area contributed by atoms with Crippen LogP contribution in [0, 0.1) is 6.92 Å². The van der Waals surface area contributed by atoms with Crippen LogP contribution in [0.4, 0.5) is 11.7 Å². The summed E-state index contributed by atoms with van der Waals surface area (Å²) in [6.45, 7) is 1.84. The van der Waals surface area contributed by atoms with Crippen LogP contribution in [0.25, 0.3) is 0 Å².